The summed E-state index contributed by atoms with van der Waals surface area (Å²) in [6.07, 6.45) is 9.59. The molecule has 1 aliphatic carbocycles. The summed E-state index contributed by atoms with van der Waals surface area (Å²) in [5.74, 6) is 1.64. The van der Waals surface area contributed by atoms with Crippen molar-refractivity contribution in [2.45, 2.75) is 18.9 Å². The molecule has 0 atom stereocenters. The smallest absolute Gasteiger partial charge is 0.236 e. The number of rotatable bonds is 3. The van der Waals surface area contributed by atoms with Gasteiger partial charge in [-0.25, -0.2) is 9.97 Å². The number of anilines is 1. The summed E-state index contributed by atoms with van der Waals surface area (Å²) in [5, 5.41) is 0. The SMILES string of the molecule is CN(c1ccnc(-n2ccnc2)n1)C1CC1.Cl. The van der Waals surface area contributed by atoms with Crippen molar-refractivity contribution in [3.63, 3.8) is 0 Å². The quantitative estimate of drug-likeness (QED) is 0.833. The van der Waals surface area contributed by atoms with Gasteiger partial charge >= 0.3 is 0 Å². The van der Waals surface area contributed by atoms with Crippen LogP contribution in [0.15, 0.2) is 31.0 Å². The molecule has 6 heteroatoms. The minimum absolute atomic E-state index is 0. The number of nitrogens with zero attached hydrogens (tertiary/aromatic N) is 5. The number of halogens is 1. The number of imidazole rings is 1. The molecule has 2 heterocycles. The summed E-state index contributed by atoms with van der Waals surface area (Å²) >= 11 is 0. The van der Waals surface area contributed by atoms with Crippen molar-refractivity contribution in [3.05, 3.63) is 31.0 Å². The molecule has 0 radical (unpaired) electrons. The number of aromatic nitrogens is 4. The van der Waals surface area contributed by atoms with Gasteiger partial charge in [-0.3, -0.25) is 4.57 Å². The van der Waals surface area contributed by atoms with Crippen molar-refractivity contribution in [2.24, 2.45) is 0 Å². The highest BCUT2D eigenvalue weighted by Crippen LogP contribution is 2.28. The fraction of sp³-hybridized carbons (Fsp3) is 0.364. The third-order valence-corrected chi connectivity index (χ3v) is 2.82. The van der Waals surface area contributed by atoms with Crippen LogP contribution in [0.5, 0.6) is 0 Å². The molecular weight excluding hydrogens is 238 g/mol. The van der Waals surface area contributed by atoms with Crippen molar-refractivity contribution in [3.8, 4) is 5.95 Å². The molecule has 0 aromatic carbocycles. The first-order valence-corrected chi connectivity index (χ1v) is 5.39. The van der Waals surface area contributed by atoms with Crippen LogP contribution in [-0.4, -0.2) is 32.6 Å². The van der Waals surface area contributed by atoms with Crippen molar-refractivity contribution in [2.75, 3.05) is 11.9 Å². The topological polar surface area (TPSA) is 46.8 Å². The molecule has 0 amide bonds. The highest BCUT2D eigenvalue weighted by Gasteiger charge is 2.27. The van der Waals surface area contributed by atoms with Crippen LogP contribution < -0.4 is 4.90 Å². The Morgan fingerprint density at radius 3 is 2.82 bits per heavy atom. The zero-order valence-electron chi connectivity index (χ0n) is 9.52. The second kappa shape index (κ2) is 4.71. The van der Waals surface area contributed by atoms with Crippen molar-refractivity contribution < 1.29 is 0 Å². The normalized spacial score (nSPS) is 14.2. The van der Waals surface area contributed by atoms with Crippen molar-refractivity contribution in [1.29, 1.82) is 0 Å². The van der Waals surface area contributed by atoms with Gasteiger partial charge in [-0.15, -0.1) is 12.4 Å². The van der Waals surface area contributed by atoms with E-state index in [4.69, 9.17) is 0 Å². The Labute approximate surface area is 106 Å². The lowest BCUT2D eigenvalue weighted by Crippen LogP contribution is -2.21. The summed E-state index contributed by atoms with van der Waals surface area (Å²) in [7, 11) is 2.08. The molecule has 1 fully saturated rings. The lowest BCUT2D eigenvalue weighted by Gasteiger charge is -2.17. The van der Waals surface area contributed by atoms with Crippen molar-refractivity contribution >= 4 is 18.2 Å². The van der Waals surface area contributed by atoms with Gasteiger partial charge in [0.1, 0.15) is 12.1 Å². The van der Waals surface area contributed by atoms with Crippen LogP contribution in [0, 0.1) is 0 Å². The molecule has 5 nitrogen and oxygen atoms in total. The van der Waals surface area contributed by atoms with E-state index in [1.165, 1.54) is 12.8 Å². The van der Waals surface area contributed by atoms with E-state index in [-0.39, 0.29) is 12.4 Å². The van der Waals surface area contributed by atoms with Crippen LogP contribution in [0.4, 0.5) is 5.82 Å². The Kier molecular flexibility index (Phi) is 3.28. The molecule has 1 aliphatic rings. The molecule has 17 heavy (non-hydrogen) atoms. The van der Waals surface area contributed by atoms with Gasteiger partial charge in [-0.05, 0) is 18.9 Å². The van der Waals surface area contributed by atoms with E-state index < -0.39 is 0 Å². The lowest BCUT2D eigenvalue weighted by molar-refractivity contribution is 0.856. The molecule has 0 saturated heterocycles. The summed E-state index contributed by atoms with van der Waals surface area (Å²) in [6, 6.07) is 2.60. The van der Waals surface area contributed by atoms with Crippen LogP contribution in [0.3, 0.4) is 0 Å². The van der Waals surface area contributed by atoms with E-state index in [0.717, 1.165) is 5.82 Å². The number of hydrogen-bond acceptors (Lipinski definition) is 4. The van der Waals surface area contributed by atoms with Crippen LogP contribution in [0.25, 0.3) is 5.95 Å². The fourth-order valence-electron chi connectivity index (χ4n) is 1.69. The molecule has 2 aromatic heterocycles. The molecule has 2 aromatic rings. The van der Waals surface area contributed by atoms with Gasteiger partial charge in [-0.2, -0.15) is 4.98 Å². The average molecular weight is 252 g/mol. The summed E-state index contributed by atoms with van der Waals surface area (Å²) in [6.45, 7) is 0. The summed E-state index contributed by atoms with van der Waals surface area (Å²) < 4.78 is 1.81. The minimum Gasteiger partial charge on any atom is -0.357 e. The van der Waals surface area contributed by atoms with Gasteiger partial charge in [0.05, 0.1) is 0 Å². The van der Waals surface area contributed by atoms with E-state index in [0.29, 0.717) is 12.0 Å². The predicted octanol–water partition coefficient (Wildman–Crippen LogP) is 1.68. The van der Waals surface area contributed by atoms with Gasteiger partial charge < -0.3 is 4.90 Å². The van der Waals surface area contributed by atoms with Gasteiger partial charge in [-0.1, -0.05) is 0 Å². The molecule has 0 spiro atoms. The second-order valence-electron chi connectivity index (χ2n) is 4.03. The van der Waals surface area contributed by atoms with Crippen molar-refractivity contribution in [1.82, 2.24) is 19.5 Å². The Morgan fingerprint density at radius 2 is 2.18 bits per heavy atom. The van der Waals surface area contributed by atoms with Crippen LogP contribution in [-0.2, 0) is 0 Å². The van der Waals surface area contributed by atoms with Crippen LogP contribution in [0.2, 0.25) is 0 Å². The monoisotopic (exact) mass is 251 g/mol. The fourth-order valence-corrected chi connectivity index (χ4v) is 1.69. The zero-order valence-corrected chi connectivity index (χ0v) is 10.3. The lowest BCUT2D eigenvalue weighted by atomic mass is 10.5. The maximum atomic E-state index is 4.51. The molecule has 0 aliphatic heterocycles. The molecular formula is C11H14ClN5. The predicted molar refractivity (Wildman–Crippen MR) is 67.8 cm³/mol. The first kappa shape index (κ1) is 11.9. The summed E-state index contributed by atoms with van der Waals surface area (Å²) in [5.41, 5.74) is 0. The average Bonchev–Trinajstić information content (AvgIpc) is 3.03. The van der Waals surface area contributed by atoms with Gasteiger partial charge in [0.2, 0.25) is 5.95 Å². The Hall–Kier alpha value is -1.62. The Balaban J connectivity index is 0.00000108. The first-order valence-electron chi connectivity index (χ1n) is 5.39. The maximum Gasteiger partial charge on any atom is 0.236 e. The standard InChI is InChI=1S/C11H13N5.ClH/c1-15(9-2-3-9)10-4-5-13-11(14-10)16-7-6-12-8-16;/h4-9H,2-3H2,1H3;1H. The maximum absolute atomic E-state index is 4.51. The van der Waals surface area contributed by atoms with Crippen LogP contribution in [0.1, 0.15) is 12.8 Å². The van der Waals surface area contributed by atoms with E-state index in [9.17, 15) is 0 Å². The van der Waals surface area contributed by atoms with Gasteiger partial charge in [0.25, 0.3) is 0 Å². The largest absolute Gasteiger partial charge is 0.357 e. The highest BCUT2D eigenvalue weighted by atomic mass is 35.5. The van der Waals surface area contributed by atoms with E-state index in [1.54, 1.807) is 18.7 Å². The number of hydrogen-bond donors (Lipinski definition) is 0. The Bertz CT molecular complexity index is 480. The third kappa shape index (κ3) is 2.39. The van der Waals surface area contributed by atoms with E-state index in [1.807, 2.05) is 16.8 Å². The zero-order chi connectivity index (χ0) is 11.0. The highest BCUT2D eigenvalue weighted by molar-refractivity contribution is 5.85. The molecule has 1 saturated carbocycles. The second-order valence-corrected chi connectivity index (χ2v) is 4.03. The van der Waals surface area contributed by atoms with Gasteiger partial charge in [0.15, 0.2) is 0 Å². The molecule has 0 bridgehead atoms. The first-order chi connectivity index (χ1) is 7.84. The molecule has 3 rings (SSSR count). The summed E-state index contributed by atoms with van der Waals surface area (Å²) in [4.78, 5) is 14.9. The van der Waals surface area contributed by atoms with Crippen LogP contribution >= 0.6 is 12.4 Å². The third-order valence-electron chi connectivity index (χ3n) is 2.82. The van der Waals surface area contributed by atoms with E-state index in [2.05, 4.69) is 26.9 Å². The van der Waals surface area contributed by atoms with E-state index >= 15 is 0 Å². The van der Waals surface area contributed by atoms with Gasteiger partial charge in [0, 0.05) is 31.7 Å². The molecule has 0 unspecified atom stereocenters. The minimum atomic E-state index is 0. The Morgan fingerprint density at radius 1 is 1.35 bits per heavy atom. The molecule has 0 N–H and O–H groups in total. The molecule has 90 valence electrons.